The molecule has 4 nitrogen and oxygen atoms in total. The van der Waals surface area contributed by atoms with Crippen LogP contribution in [0.3, 0.4) is 0 Å². The number of benzene rings is 1. The number of ether oxygens (including phenoxy) is 1. The van der Waals surface area contributed by atoms with Gasteiger partial charge in [-0.3, -0.25) is 0 Å². The molecule has 1 aromatic heterocycles. The van der Waals surface area contributed by atoms with Crippen LogP contribution in [0, 0.1) is 6.92 Å². The first-order valence-corrected chi connectivity index (χ1v) is 7.07. The molecule has 0 saturated carbocycles. The molecule has 2 aromatic rings. The highest BCUT2D eigenvalue weighted by molar-refractivity contribution is 5.38. The minimum Gasteiger partial charge on any atom is -0.496 e. The van der Waals surface area contributed by atoms with Crippen molar-refractivity contribution in [3.05, 3.63) is 47.5 Å². The van der Waals surface area contributed by atoms with Crippen molar-refractivity contribution >= 4 is 0 Å². The van der Waals surface area contributed by atoms with Gasteiger partial charge in [-0.05, 0) is 38.4 Å². The van der Waals surface area contributed by atoms with Crippen molar-refractivity contribution in [2.45, 2.75) is 32.7 Å². The number of rotatable bonds is 7. The molecule has 0 bridgehead atoms. The van der Waals surface area contributed by atoms with Crippen LogP contribution in [0.2, 0.25) is 0 Å². The van der Waals surface area contributed by atoms with E-state index < -0.39 is 0 Å². The van der Waals surface area contributed by atoms with Gasteiger partial charge in [-0.1, -0.05) is 12.1 Å². The minimum absolute atomic E-state index is 0.280. The number of hydrogen-bond donors (Lipinski definition) is 2. The third-order valence-electron chi connectivity index (χ3n) is 3.45. The van der Waals surface area contributed by atoms with Crippen LogP contribution in [-0.4, -0.2) is 23.6 Å². The molecular weight excluding hydrogens is 250 g/mol. The van der Waals surface area contributed by atoms with Crippen molar-refractivity contribution in [2.75, 3.05) is 13.7 Å². The van der Waals surface area contributed by atoms with Crippen LogP contribution in [0.4, 0.5) is 0 Å². The van der Waals surface area contributed by atoms with Crippen molar-refractivity contribution in [3.63, 3.8) is 0 Å². The number of nitrogens with zero attached hydrogens (tertiary/aromatic N) is 1. The fourth-order valence-corrected chi connectivity index (χ4v) is 2.30. The number of nitrogens with one attached hydrogen (secondary N) is 2. The number of aryl methyl sites for hydroxylation is 2. The van der Waals surface area contributed by atoms with Crippen LogP contribution in [0.1, 0.15) is 36.3 Å². The van der Waals surface area contributed by atoms with E-state index in [0.29, 0.717) is 0 Å². The molecule has 0 fully saturated rings. The predicted octanol–water partition coefficient (Wildman–Crippen LogP) is 3.01. The van der Waals surface area contributed by atoms with E-state index in [1.54, 1.807) is 13.3 Å². The molecule has 4 heteroatoms. The number of aromatic amines is 1. The van der Waals surface area contributed by atoms with Gasteiger partial charge in [-0.25, -0.2) is 4.98 Å². The standard InChI is InChI=1S/C16H23N3O/c1-12-6-7-14(15(11-12)20-3)13(2)17-8-4-5-16-18-9-10-19-16/h6-7,9-11,13,17H,4-5,8H2,1-3H3,(H,18,19). The first kappa shape index (κ1) is 14.6. The Morgan fingerprint density at radius 1 is 1.40 bits per heavy atom. The molecule has 108 valence electrons. The summed E-state index contributed by atoms with van der Waals surface area (Å²) in [7, 11) is 1.72. The van der Waals surface area contributed by atoms with Gasteiger partial charge in [0.1, 0.15) is 11.6 Å². The predicted molar refractivity (Wildman–Crippen MR) is 81.1 cm³/mol. The van der Waals surface area contributed by atoms with E-state index in [1.807, 2.05) is 6.20 Å². The van der Waals surface area contributed by atoms with Gasteiger partial charge < -0.3 is 15.0 Å². The maximum atomic E-state index is 5.46. The SMILES string of the molecule is COc1cc(C)ccc1C(C)NCCCc1ncc[nH]1. The summed E-state index contributed by atoms with van der Waals surface area (Å²) in [6.45, 7) is 5.20. The molecule has 1 unspecified atom stereocenters. The molecule has 2 N–H and O–H groups in total. The molecule has 1 atom stereocenters. The molecule has 0 aliphatic carbocycles. The second kappa shape index (κ2) is 7.10. The van der Waals surface area contributed by atoms with E-state index in [-0.39, 0.29) is 6.04 Å². The molecule has 0 aliphatic heterocycles. The largest absolute Gasteiger partial charge is 0.496 e. The Morgan fingerprint density at radius 2 is 2.25 bits per heavy atom. The monoisotopic (exact) mass is 273 g/mol. The normalized spacial score (nSPS) is 12.3. The fraction of sp³-hybridized carbons (Fsp3) is 0.438. The van der Waals surface area contributed by atoms with Crippen molar-refractivity contribution in [1.29, 1.82) is 0 Å². The Hall–Kier alpha value is -1.81. The van der Waals surface area contributed by atoms with Gasteiger partial charge in [0.25, 0.3) is 0 Å². The summed E-state index contributed by atoms with van der Waals surface area (Å²) in [4.78, 5) is 7.35. The third-order valence-corrected chi connectivity index (χ3v) is 3.45. The molecule has 2 rings (SSSR count). The molecule has 20 heavy (non-hydrogen) atoms. The van der Waals surface area contributed by atoms with Crippen molar-refractivity contribution < 1.29 is 4.74 Å². The lowest BCUT2D eigenvalue weighted by Gasteiger charge is -2.17. The molecule has 0 spiro atoms. The van der Waals surface area contributed by atoms with E-state index in [4.69, 9.17) is 4.74 Å². The van der Waals surface area contributed by atoms with Crippen LogP contribution in [0.5, 0.6) is 5.75 Å². The molecule has 0 saturated heterocycles. The number of aromatic nitrogens is 2. The second-order valence-electron chi connectivity index (χ2n) is 5.06. The molecule has 0 radical (unpaired) electrons. The quantitative estimate of drug-likeness (QED) is 0.762. The molecule has 1 heterocycles. The van der Waals surface area contributed by atoms with Gasteiger partial charge in [0, 0.05) is 30.4 Å². The smallest absolute Gasteiger partial charge is 0.123 e. The van der Waals surface area contributed by atoms with E-state index in [2.05, 4.69) is 47.3 Å². The summed E-state index contributed by atoms with van der Waals surface area (Å²) in [5, 5.41) is 3.53. The summed E-state index contributed by atoms with van der Waals surface area (Å²) >= 11 is 0. The summed E-state index contributed by atoms with van der Waals surface area (Å²) in [6.07, 6.45) is 5.69. The Morgan fingerprint density at radius 3 is 2.95 bits per heavy atom. The van der Waals surface area contributed by atoms with Gasteiger partial charge in [-0.2, -0.15) is 0 Å². The highest BCUT2D eigenvalue weighted by atomic mass is 16.5. The second-order valence-corrected chi connectivity index (χ2v) is 5.06. The van der Waals surface area contributed by atoms with Gasteiger partial charge in [0.15, 0.2) is 0 Å². The molecule has 0 amide bonds. The van der Waals surface area contributed by atoms with Crippen molar-refractivity contribution in [1.82, 2.24) is 15.3 Å². The lowest BCUT2D eigenvalue weighted by atomic mass is 10.0. The minimum atomic E-state index is 0.280. The van der Waals surface area contributed by atoms with Crippen molar-refractivity contribution in [2.24, 2.45) is 0 Å². The topological polar surface area (TPSA) is 49.9 Å². The van der Waals surface area contributed by atoms with Crippen molar-refractivity contribution in [3.8, 4) is 5.75 Å². The summed E-state index contributed by atoms with van der Waals surface area (Å²) in [5.74, 6) is 2.00. The van der Waals surface area contributed by atoms with Crippen LogP contribution in [-0.2, 0) is 6.42 Å². The zero-order chi connectivity index (χ0) is 14.4. The van der Waals surface area contributed by atoms with Crippen LogP contribution >= 0.6 is 0 Å². The Kier molecular flexibility index (Phi) is 5.18. The maximum absolute atomic E-state index is 5.46. The van der Waals surface area contributed by atoms with Crippen LogP contribution in [0.15, 0.2) is 30.6 Å². The maximum Gasteiger partial charge on any atom is 0.123 e. The zero-order valence-corrected chi connectivity index (χ0v) is 12.4. The number of imidazole rings is 1. The highest BCUT2D eigenvalue weighted by Gasteiger charge is 2.10. The Bertz CT molecular complexity index is 523. The first-order chi connectivity index (χ1) is 9.70. The summed E-state index contributed by atoms with van der Waals surface area (Å²) in [6, 6.07) is 6.62. The lowest BCUT2D eigenvalue weighted by molar-refractivity contribution is 0.401. The van der Waals surface area contributed by atoms with Gasteiger partial charge in [0.05, 0.1) is 7.11 Å². The van der Waals surface area contributed by atoms with E-state index in [9.17, 15) is 0 Å². The average Bonchev–Trinajstić information content (AvgIpc) is 2.96. The zero-order valence-electron chi connectivity index (χ0n) is 12.4. The highest BCUT2D eigenvalue weighted by Crippen LogP contribution is 2.25. The molecular formula is C16H23N3O. The summed E-state index contributed by atoms with van der Waals surface area (Å²) in [5.41, 5.74) is 2.42. The van der Waals surface area contributed by atoms with Crippen LogP contribution < -0.4 is 10.1 Å². The van der Waals surface area contributed by atoms with E-state index >= 15 is 0 Å². The number of hydrogen-bond acceptors (Lipinski definition) is 3. The third kappa shape index (κ3) is 3.84. The van der Waals surface area contributed by atoms with E-state index in [0.717, 1.165) is 31.0 Å². The van der Waals surface area contributed by atoms with Gasteiger partial charge in [0.2, 0.25) is 0 Å². The number of methoxy groups -OCH3 is 1. The van der Waals surface area contributed by atoms with E-state index in [1.165, 1.54) is 11.1 Å². The Labute approximate surface area is 120 Å². The van der Waals surface area contributed by atoms with Gasteiger partial charge in [-0.15, -0.1) is 0 Å². The lowest BCUT2D eigenvalue weighted by Crippen LogP contribution is -2.21. The fourth-order valence-electron chi connectivity index (χ4n) is 2.30. The van der Waals surface area contributed by atoms with Crippen LogP contribution in [0.25, 0.3) is 0 Å². The van der Waals surface area contributed by atoms with Gasteiger partial charge >= 0.3 is 0 Å². The summed E-state index contributed by atoms with van der Waals surface area (Å²) < 4.78 is 5.46. The average molecular weight is 273 g/mol. The number of H-pyrrole nitrogens is 1. The Balaban J connectivity index is 1.83. The first-order valence-electron chi connectivity index (χ1n) is 7.07. The molecule has 0 aliphatic rings. The molecule has 1 aromatic carbocycles.